The van der Waals surface area contributed by atoms with E-state index >= 15 is 0 Å². The molecule has 2 N–H and O–H groups in total. The average molecular weight is 296 g/mol. The molecule has 2 aromatic rings. The molecular weight excluding hydrogens is 282 g/mol. The molecule has 0 saturated carbocycles. The summed E-state index contributed by atoms with van der Waals surface area (Å²) in [6.45, 7) is 4.04. The van der Waals surface area contributed by atoms with Crippen molar-refractivity contribution in [2.24, 2.45) is 11.7 Å². The van der Waals surface area contributed by atoms with Crippen LogP contribution in [0.4, 0.5) is 0 Å². The van der Waals surface area contributed by atoms with Crippen LogP contribution in [-0.2, 0) is 0 Å². The second kappa shape index (κ2) is 4.98. The van der Waals surface area contributed by atoms with Gasteiger partial charge < -0.3 is 10.3 Å². The second-order valence-corrected chi connectivity index (χ2v) is 5.06. The summed E-state index contributed by atoms with van der Waals surface area (Å²) in [7, 11) is 0. The van der Waals surface area contributed by atoms with Crippen molar-refractivity contribution in [3.8, 4) is 11.4 Å². The van der Waals surface area contributed by atoms with Gasteiger partial charge in [0.15, 0.2) is 0 Å². The Morgan fingerprint density at radius 2 is 2.00 bits per heavy atom. The molecule has 0 bridgehead atoms. The molecular formula is C12H14BrN3O. The molecule has 0 spiro atoms. The molecule has 0 unspecified atom stereocenters. The summed E-state index contributed by atoms with van der Waals surface area (Å²) in [6, 6.07) is 7.51. The molecule has 1 aromatic heterocycles. The van der Waals surface area contributed by atoms with E-state index in [2.05, 4.69) is 26.1 Å². The van der Waals surface area contributed by atoms with Crippen molar-refractivity contribution in [1.82, 2.24) is 10.1 Å². The number of rotatable bonds is 3. The molecule has 0 fully saturated rings. The fraction of sp³-hybridized carbons (Fsp3) is 0.333. The lowest BCUT2D eigenvalue weighted by molar-refractivity contribution is 0.325. The minimum Gasteiger partial charge on any atom is -0.337 e. The predicted molar refractivity (Wildman–Crippen MR) is 69.2 cm³/mol. The Morgan fingerprint density at radius 3 is 2.65 bits per heavy atom. The summed E-state index contributed by atoms with van der Waals surface area (Å²) in [6.07, 6.45) is 0. The maximum absolute atomic E-state index is 5.96. The van der Waals surface area contributed by atoms with Crippen molar-refractivity contribution >= 4 is 15.9 Å². The van der Waals surface area contributed by atoms with Crippen LogP contribution in [0.1, 0.15) is 25.8 Å². The number of hydrogen-bond donors (Lipinski definition) is 1. The molecule has 1 atom stereocenters. The van der Waals surface area contributed by atoms with E-state index in [4.69, 9.17) is 10.3 Å². The Bertz CT molecular complexity index is 510. The lowest BCUT2D eigenvalue weighted by Gasteiger charge is -2.09. The van der Waals surface area contributed by atoms with E-state index in [0.717, 1.165) is 10.0 Å². The fourth-order valence-electron chi connectivity index (χ4n) is 1.41. The van der Waals surface area contributed by atoms with Crippen molar-refractivity contribution in [2.75, 3.05) is 0 Å². The van der Waals surface area contributed by atoms with E-state index in [9.17, 15) is 0 Å². The number of hydrogen-bond acceptors (Lipinski definition) is 4. The lowest BCUT2D eigenvalue weighted by atomic mass is 10.1. The first-order valence-corrected chi connectivity index (χ1v) is 6.23. The first-order valence-electron chi connectivity index (χ1n) is 5.43. The third kappa shape index (κ3) is 2.56. The van der Waals surface area contributed by atoms with E-state index in [1.165, 1.54) is 0 Å². The van der Waals surface area contributed by atoms with Gasteiger partial charge in [0.2, 0.25) is 11.7 Å². The van der Waals surface area contributed by atoms with Crippen LogP contribution in [0.25, 0.3) is 11.4 Å². The summed E-state index contributed by atoms with van der Waals surface area (Å²) in [4.78, 5) is 4.33. The Kier molecular flexibility index (Phi) is 3.59. The van der Waals surface area contributed by atoms with Crippen LogP contribution in [-0.4, -0.2) is 10.1 Å². The smallest absolute Gasteiger partial charge is 0.244 e. The molecule has 2 rings (SSSR count). The molecule has 1 heterocycles. The fourth-order valence-corrected chi connectivity index (χ4v) is 1.87. The van der Waals surface area contributed by atoms with Crippen molar-refractivity contribution in [2.45, 2.75) is 19.9 Å². The Balaban J connectivity index is 2.34. The van der Waals surface area contributed by atoms with Crippen LogP contribution < -0.4 is 5.73 Å². The number of benzene rings is 1. The van der Waals surface area contributed by atoms with E-state index in [1.54, 1.807) is 0 Å². The van der Waals surface area contributed by atoms with Crippen molar-refractivity contribution in [3.63, 3.8) is 0 Å². The van der Waals surface area contributed by atoms with Gasteiger partial charge in [-0.15, -0.1) is 0 Å². The topological polar surface area (TPSA) is 64.9 Å². The van der Waals surface area contributed by atoms with Crippen LogP contribution in [0.2, 0.25) is 0 Å². The minimum atomic E-state index is -0.223. The summed E-state index contributed by atoms with van der Waals surface area (Å²) >= 11 is 3.46. The first kappa shape index (κ1) is 12.3. The average Bonchev–Trinajstić information content (AvgIpc) is 2.77. The number of halogens is 1. The Hall–Kier alpha value is -1.20. The summed E-state index contributed by atoms with van der Waals surface area (Å²) in [5, 5.41) is 3.95. The van der Waals surface area contributed by atoms with Crippen molar-refractivity contribution in [1.29, 1.82) is 0 Å². The molecule has 90 valence electrons. The standard InChI is InChI=1S/C12H14BrN3O/c1-7(2)10(14)12-15-11(16-17-12)8-5-3-4-6-9(8)13/h3-7,10H,14H2,1-2H3/t10-/m0/s1. The van der Waals surface area contributed by atoms with Crippen molar-refractivity contribution in [3.05, 3.63) is 34.6 Å². The SMILES string of the molecule is CC(C)[C@H](N)c1nc(-c2ccccc2Br)no1. The Morgan fingerprint density at radius 1 is 1.29 bits per heavy atom. The van der Waals surface area contributed by atoms with Gasteiger partial charge >= 0.3 is 0 Å². The van der Waals surface area contributed by atoms with E-state index in [0.29, 0.717) is 11.7 Å². The summed E-state index contributed by atoms with van der Waals surface area (Å²) < 4.78 is 6.13. The molecule has 5 heteroatoms. The third-order valence-corrected chi connectivity index (χ3v) is 3.25. The second-order valence-electron chi connectivity index (χ2n) is 4.21. The minimum absolute atomic E-state index is 0.223. The van der Waals surface area contributed by atoms with Gasteiger partial charge in [0.25, 0.3) is 0 Å². The monoisotopic (exact) mass is 295 g/mol. The number of nitrogens with two attached hydrogens (primary N) is 1. The molecule has 0 saturated heterocycles. The molecule has 1 aromatic carbocycles. The highest BCUT2D eigenvalue weighted by Gasteiger charge is 2.19. The number of aromatic nitrogens is 2. The highest BCUT2D eigenvalue weighted by molar-refractivity contribution is 9.10. The zero-order valence-electron chi connectivity index (χ0n) is 9.72. The molecule has 0 aliphatic rings. The molecule has 4 nitrogen and oxygen atoms in total. The zero-order valence-corrected chi connectivity index (χ0v) is 11.3. The van der Waals surface area contributed by atoms with Gasteiger partial charge in [0, 0.05) is 10.0 Å². The lowest BCUT2D eigenvalue weighted by Crippen LogP contribution is -2.16. The van der Waals surface area contributed by atoms with Gasteiger partial charge in [-0.3, -0.25) is 0 Å². The van der Waals surface area contributed by atoms with Crippen molar-refractivity contribution < 1.29 is 4.52 Å². The van der Waals surface area contributed by atoms with Crippen LogP contribution >= 0.6 is 15.9 Å². The van der Waals surface area contributed by atoms with Crippen LogP contribution in [0.15, 0.2) is 33.3 Å². The van der Waals surface area contributed by atoms with E-state index < -0.39 is 0 Å². The highest BCUT2D eigenvalue weighted by Crippen LogP contribution is 2.27. The maximum Gasteiger partial charge on any atom is 0.244 e. The predicted octanol–water partition coefficient (Wildman–Crippen LogP) is 3.15. The quantitative estimate of drug-likeness (QED) is 0.945. The van der Waals surface area contributed by atoms with E-state index in [-0.39, 0.29) is 12.0 Å². The third-order valence-electron chi connectivity index (χ3n) is 2.56. The summed E-state index contributed by atoms with van der Waals surface area (Å²) in [5.74, 6) is 1.30. The maximum atomic E-state index is 5.96. The van der Waals surface area contributed by atoms with Crippen LogP contribution in [0.5, 0.6) is 0 Å². The van der Waals surface area contributed by atoms with Crippen LogP contribution in [0, 0.1) is 5.92 Å². The molecule has 17 heavy (non-hydrogen) atoms. The van der Waals surface area contributed by atoms with Crippen LogP contribution in [0.3, 0.4) is 0 Å². The first-order chi connectivity index (χ1) is 8.09. The summed E-state index contributed by atoms with van der Waals surface area (Å²) in [5.41, 5.74) is 6.86. The van der Waals surface area contributed by atoms with Gasteiger partial charge in [-0.2, -0.15) is 4.98 Å². The Labute approximate surface area is 108 Å². The molecule has 0 radical (unpaired) electrons. The number of nitrogens with zero attached hydrogens (tertiary/aromatic N) is 2. The van der Waals surface area contributed by atoms with Gasteiger partial charge in [0.05, 0.1) is 6.04 Å². The van der Waals surface area contributed by atoms with Gasteiger partial charge in [-0.1, -0.05) is 47.1 Å². The van der Waals surface area contributed by atoms with Gasteiger partial charge in [0.1, 0.15) is 0 Å². The molecule has 0 aliphatic heterocycles. The molecule has 0 amide bonds. The van der Waals surface area contributed by atoms with E-state index in [1.807, 2.05) is 38.1 Å². The van der Waals surface area contributed by atoms with Gasteiger partial charge in [-0.05, 0) is 18.1 Å². The normalized spacial score (nSPS) is 13.0. The zero-order chi connectivity index (χ0) is 12.4. The molecule has 0 aliphatic carbocycles. The highest BCUT2D eigenvalue weighted by atomic mass is 79.9. The largest absolute Gasteiger partial charge is 0.337 e. The van der Waals surface area contributed by atoms with Gasteiger partial charge in [-0.25, -0.2) is 0 Å².